The molecule has 0 aliphatic carbocycles. The Kier molecular flexibility index (Phi) is 21.0. The zero-order chi connectivity index (χ0) is 44.1. The molecule has 20 heteroatoms. The number of carbonyl (C=O) groups excluding carboxylic acids is 9. The van der Waals surface area contributed by atoms with Crippen molar-refractivity contribution >= 4 is 124 Å². The van der Waals surface area contributed by atoms with Gasteiger partial charge in [0.2, 0.25) is 35.8 Å². The van der Waals surface area contributed by atoms with Crippen LogP contribution in [0.3, 0.4) is 0 Å². The summed E-state index contributed by atoms with van der Waals surface area (Å²) in [6.07, 6.45) is 10.5. The summed E-state index contributed by atoms with van der Waals surface area (Å²) in [5, 5.41) is 8.94. The molecule has 2 atom stereocenters. The number of hydrogen-bond acceptors (Lipinski definition) is 16. The number of anilines is 4. The van der Waals surface area contributed by atoms with E-state index in [1.165, 1.54) is 69.8 Å². The van der Waals surface area contributed by atoms with E-state index in [0.29, 0.717) is 34.1 Å². The molecule has 0 radical (unpaired) electrons. The van der Waals surface area contributed by atoms with Crippen molar-refractivity contribution in [3.63, 3.8) is 0 Å². The minimum absolute atomic E-state index is 0.195. The van der Waals surface area contributed by atoms with Gasteiger partial charge in [-0.25, -0.2) is 29.1 Å². The summed E-state index contributed by atoms with van der Waals surface area (Å²) in [6, 6.07) is 18.9. The van der Waals surface area contributed by atoms with Crippen LogP contribution in [0.4, 0.5) is 38.9 Å². The van der Waals surface area contributed by atoms with Gasteiger partial charge >= 0.3 is 6.09 Å². The minimum atomic E-state index is -0.541. The molecule has 2 saturated heterocycles. The molecule has 6 rings (SSSR count). The largest absolute Gasteiger partial charge is 0.450 e. The van der Waals surface area contributed by atoms with Crippen molar-refractivity contribution in [2.75, 3.05) is 52.5 Å². The molecule has 7 amide bonds. The Morgan fingerprint density at radius 3 is 1.37 bits per heavy atom. The molecule has 3 aliphatic rings. The van der Waals surface area contributed by atoms with E-state index in [4.69, 9.17) is 9.84 Å². The van der Waals surface area contributed by atoms with Crippen LogP contribution < -0.4 is 20.0 Å². The third-order valence-electron chi connectivity index (χ3n) is 7.80. The summed E-state index contributed by atoms with van der Waals surface area (Å²) < 4.78 is 4.77. The molecule has 2 fully saturated rings. The van der Waals surface area contributed by atoms with Crippen LogP contribution in [0.15, 0.2) is 94.9 Å². The molecule has 0 aromatic heterocycles. The molecule has 2 N–H and O–H groups in total. The first-order valence-corrected chi connectivity index (χ1v) is 20.6. The lowest BCUT2D eigenvalue weighted by Crippen LogP contribution is -2.31. The van der Waals surface area contributed by atoms with Crippen LogP contribution in [0, 0.1) is 0 Å². The number of nitrogens with zero attached hydrogens (tertiary/aromatic N) is 5. The fourth-order valence-corrected chi connectivity index (χ4v) is 6.44. The van der Waals surface area contributed by atoms with Gasteiger partial charge < -0.3 is 9.84 Å². The Labute approximate surface area is 353 Å². The maximum Gasteiger partial charge on any atom is 0.411 e. The molecule has 2 unspecified atom stereocenters. The molecular weight excluding hydrogens is 825 g/mol. The first-order valence-electron chi connectivity index (χ1n) is 17.1. The van der Waals surface area contributed by atoms with E-state index in [2.05, 4.69) is 27.9 Å². The lowest BCUT2D eigenvalue weighted by molar-refractivity contribution is -0.122. The number of imide groups is 3. The number of thiol groups is 1. The third kappa shape index (κ3) is 13.5. The topological polar surface area (TPSA) is 230 Å². The number of amides is 7. The Morgan fingerprint density at radius 2 is 1.05 bits per heavy atom. The van der Waals surface area contributed by atoms with Gasteiger partial charge in [-0.05, 0) is 98.5 Å². The normalized spacial score (nSPS) is 16.2. The maximum absolute atomic E-state index is 12.1. The van der Waals surface area contributed by atoms with Crippen molar-refractivity contribution in [1.82, 2.24) is 0 Å². The zero-order valence-electron chi connectivity index (χ0n) is 32.4. The molecule has 17 nitrogen and oxygen atoms in total. The van der Waals surface area contributed by atoms with Crippen molar-refractivity contribution in [3.8, 4) is 0 Å². The van der Waals surface area contributed by atoms with Crippen molar-refractivity contribution in [1.29, 1.82) is 0 Å². The molecule has 3 aliphatic heterocycles. The summed E-state index contributed by atoms with van der Waals surface area (Å²) in [4.78, 5) is 112. The van der Waals surface area contributed by atoms with E-state index < -0.39 is 6.09 Å². The number of carbonyl (C=O) groups is 7. The zero-order valence-corrected chi connectivity index (χ0v) is 34.9. The number of hydrogen-bond donors (Lipinski definition) is 3. The fourth-order valence-electron chi connectivity index (χ4n) is 5.21. The molecule has 59 heavy (non-hydrogen) atoms. The molecule has 3 aromatic carbocycles. The lowest BCUT2D eigenvalue weighted by Gasteiger charge is -2.15. The van der Waals surface area contributed by atoms with E-state index >= 15 is 0 Å². The highest BCUT2D eigenvalue weighted by molar-refractivity contribution is 8.00. The van der Waals surface area contributed by atoms with Crippen molar-refractivity contribution in [3.05, 3.63) is 84.9 Å². The molecule has 0 saturated carbocycles. The number of thioether (sulfide) groups is 2. The Balaban J connectivity index is 0.000000295. The van der Waals surface area contributed by atoms with Crippen LogP contribution in [-0.4, -0.2) is 102 Å². The number of aliphatic hydroxyl groups is 1. The number of aliphatic hydroxyl groups excluding tert-OH is 1. The Morgan fingerprint density at radius 1 is 0.695 bits per heavy atom. The van der Waals surface area contributed by atoms with Gasteiger partial charge in [0.25, 0.3) is 11.8 Å². The predicted octanol–water partition coefficient (Wildman–Crippen LogP) is 5.14. The van der Waals surface area contributed by atoms with Gasteiger partial charge in [-0.1, -0.05) is 0 Å². The highest BCUT2D eigenvalue weighted by atomic mass is 32.2. The number of ether oxygens (including phenoxy) is 1. The van der Waals surface area contributed by atoms with Crippen molar-refractivity contribution < 1.29 is 53.0 Å². The van der Waals surface area contributed by atoms with Gasteiger partial charge in [0, 0.05) is 37.8 Å². The molecule has 0 bridgehead atoms. The Hall–Kier alpha value is -6.14. The van der Waals surface area contributed by atoms with Gasteiger partial charge in [-0.2, -0.15) is 46.1 Å². The van der Waals surface area contributed by atoms with E-state index in [1.54, 1.807) is 80.1 Å². The van der Waals surface area contributed by atoms with Crippen LogP contribution in [0.2, 0.25) is 0 Å². The standard InChI is InChI=1S/C14H16N2O4S.C12H10N2O3S.C11H6N2O3.CH4O.CH4S/c1-3-20-14(19)15-9-4-6-10(7-5-9)16-12(17)8-11(21-2)13(16)18;1-18-10-6-11(16)14(12(10)17)9-4-2-8(3-5-9)13-7-15;14-7-12-8-1-3-9(4-2-8)13-10(15)5-6-11(13)16;2*1-2/h4-7,11H,3,8H2,1-2H3,(H,15,19);2-5,10H,6H2,1H3;1-6H;2*2H,1H3. The average molecular weight is 865 g/mol. The van der Waals surface area contributed by atoms with Gasteiger partial charge in [0.15, 0.2) is 0 Å². The average Bonchev–Trinajstić information content (AvgIpc) is 3.86. The molecule has 0 spiro atoms. The number of rotatable bonds is 9. The number of aliphatic imine (C=N–C) groups is 2. The SMILES string of the molecule is CCOC(=O)Nc1ccc(N2C(=O)CC(SC)C2=O)cc1.CO.CS.CSC1CC(=O)N(c2ccc(N=C=O)cc2)C1=O.O=C=Nc1ccc(N2C(=O)C=CC2=O)cc1. The van der Waals surface area contributed by atoms with Crippen LogP contribution in [-0.2, 0) is 43.1 Å². The minimum Gasteiger partial charge on any atom is -0.450 e. The van der Waals surface area contributed by atoms with Crippen LogP contribution >= 0.6 is 36.2 Å². The number of benzene rings is 3. The van der Waals surface area contributed by atoms with E-state index in [0.717, 1.165) is 12.0 Å². The number of isocyanates is 2. The second kappa shape index (κ2) is 25.3. The van der Waals surface area contributed by atoms with Crippen molar-refractivity contribution in [2.24, 2.45) is 9.98 Å². The second-order valence-corrected chi connectivity index (χ2v) is 13.2. The summed E-state index contributed by atoms with van der Waals surface area (Å²) in [5.41, 5.74) is 2.87. The van der Waals surface area contributed by atoms with Gasteiger partial charge in [-0.15, -0.1) is 0 Å². The van der Waals surface area contributed by atoms with Crippen LogP contribution in [0.25, 0.3) is 0 Å². The molecule has 3 heterocycles. The highest BCUT2D eigenvalue weighted by Gasteiger charge is 2.40. The molecular formula is C39H40N6O11S3. The summed E-state index contributed by atoms with van der Waals surface area (Å²) in [6.45, 7) is 2.01. The first-order chi connectivity index (χ1) is 28.4. The Bertz CT molecular complexity index is 2090. The smallest absolute Gasteiger partial charge is 0.411 e. The third-order valence-corrected chi connectivity index (χ3v) is 9.68. The first kappa shape index (κ1) is 49.0. The fraction of sp³-hybridized carbons (Fsp3) is 0.256. The monoisotopic (exact) mass is 864 g/mol. The van der Waals surface area contributed by atoms with E-state index in [-0.39, 0.29) is 65.4 Å². The van der Waals surface area contributed by atoms with Gasteiger partial charge in [-0.3, -0.25) is 34.1 Å². The summed E-state index contributed by atoms with van der Waals surface area (Å²) in [7, 11) is 1.00. The van der Waals surface area contributed by atoms with Gasteiger partial charge in [0.05, 0.1) is 45.5 Å². The quantitative estimate of drug-likeness (QED) is 0.110. The van der Waals surface area contributed by atoms with Crippen molar-refractivity contribution in [2.45, 2.75) is 30.3 Å². The summed E-state index contributed by atoms with van der Waals surface area (Å²) in [5.74, 6) is -1.55. The van der Waals surface area contributed by atoms with Crippen LogP contribution in [0.1, 0.15) is 19.8 Å². The maximum atomic E-state index is 12.1. The van der Waals surface area contributed by atoms with E-state index in [1.807, 2.05) is 6.26 Å². The highest BCUT2D eigenvalue weighted by Crippen LogP contribution is 2.31. The van der Waals surface area contributed by atoms with Crippen LogP contribution in [0.5, 0.6) is 0 Å². The predicted molar refractivity (Wildman–Crippen MR) is 229 cm³/mol. The molecule has 3 aromatic rings. The van der Waals surface area contributed by atoms with E-state index in [9.17, 15) is 43.2 Å². The lowest BCUT2D eigenvalue weighted by atomic mass is 10.2. The number of nitrogens with one attached hydrogen (secondary N) is 1. The van der Waals surface area contributed by atoms with Gasteiger partial charge in [0.1, 0.15) is 0 Å². The summed E-state index contributed by atoms with van der Waals surface area (Å²) >= 11 is 6.27. The molecule has 310 valence electrons. The second-order valence-electron chi connectivity index (χ2n) is 11.2.